The van der Waals surface area contributed by atoms with Crippen molar-refractivity contribution in [3.8, 4) is 5.75 Å². The molecule has 0 bridgehead atoms. The minimum atomic E-state index is -4.52. The number of fused-ring (bicyclic) bond motifs is 1. The summed E-state index contributed by atoms with van der Waals surface area (Å²) in [5, 5.41) is 1.64. The molecule has 0 atom stereocenters. The standard InChI is InChI=1S/C10H11O4P/c11-15(12,13)14-10-7-3-5-8-4-1-2-6-9(8)10/h1-7,11-13,15H. The average Bonchev–Trinajstić information content (AvgIpc) is 2.16. The van der Waals surface area contributed by atoms with Gasteiger partial charge in [-0.3, -0.25) is 0 Å². The van der Waals surface area contributed by atoms with Gasteiger partial charge in [0.05, 0.1) is 0 Å². The van der Waals surface area contributed by atoms with Crippen LogP contribution in [0.2, 0.25) is 0 Å². The van der Waals surface area contributed by atoms with Crippen LogP contribution in [0.15, 0.2) is 42.5 Å². The minimum absolute atomic E-state index is 0.271. The van der Waals surface area contributed by atoms with Gasteiger partial charge in [0.15, 0.2) is 0 Å². The van der Waals surface area contributed by atoms with E-state index in [-0.39, 0.29) is 5.75 Å². The third-order valence-corrected chi connectivity index (χ3v) is 2.49. The summed E-state index contributed by atoms with van der Waals surface area (Å²) in [6.07, 6.45) is 0. The Morgan fingerprint density at radius 3 is 2.27 bits per heavy atom. The van der Waals surface area contributed by atoms with Gasteiger partial charge in [0.25, 0.3) is 0 Å². The van der Waals surface area contributed by atoms with E-state index in [1.807, 2.05) is 24.3 Å². The van der Waals surface area contributed by atoms with Crippen molar-refractivity contribution in [2.75, 3.05) is 0 Å². The summed E-state index contributed by atoms with van der Waals surface area (Å²) in [7, 11) is -4.52. The third kappa shape index (κ3) is 2.43. The van der Waals surface area contributed by atoms with E-state index in [1.54, 1.807) is 18.2 Å². The van der Waals surface area contributed by atoms with Gasteiger partial charge >= 0.3 is 86.4 Å². The summed E-state index contributed by atoms with van der Waals surface area (Å²) in [5.41, 5.74) is 0. The average molecular weight is 226 g/mol. The molecule has 0 radical (unpaired) electrons. The number of hydrogen-bond donors (Lipinski definition) is 3. The van der Waals surface area contributed by atoms with Crippen LogP contribution in [0.3, 0.4) is 0 Å². The molecule has 80 valence electrons. The van der Waals surface area contributed by atoms with Gasteiger partial charge in [-0.2, -0.15) is 0 Å². The summed E-state index contributed by atoms with van der Waals surface area (Å²) in [6.45, 7) is 0. The van der Waals surface area contributed by atoms with Gasteiger partial charge in [-0.05, 0) is 0 Å². The second kappa shape index (κ2) is 3.76. The Morgan fingerprint density at radius 2 is 1.53 bits per heavy atom. The molecule has 0 unspecified atom stereocenters. The molecule has 0 aliphatic carbocycles. The molecule has 4 nitrogen and oxygen atoms in total. The van der Waals surface area contributed by atoms with Crippen molar-refractivity contribution >= 4 is 18.9 Å². The second-order valence-electron chi connectivity index (χ2n) is 3.15. The van der Waals surface area contributed by atoms with E-state index in [4.69, 9.17) is 19.2 Å². The van der Waals surface area contributed by atoms with Crippen LogP contribution in [0.1, 0.15) is 0 Å². The number of rotatable bonds is 2. The Balaban J connectivity index is 2.52. The fraction of sp³-hybridized carbons (Fsp3) is 0. The molecule has 2 aromatic rings. The van der Waals surface area contributed by atoms with E-state index in [2.05, 4.69) is 0 Å². The van der Waals surface area contributed by atoms with Crippen LogP contribution in [0.5, 0.6) is 5.75 Å². The summed E-state index contributed by atoms with van der Waals surface area (Å²) in [5.74, 6) is 0.271. The van der Waals surface area contributed by atoms with Crippen LogP contribution in [-0.2, 0) is 0 Å². The molecule has 2 aromatic carbocycles. The molecule has 3 N–H and O–H groups in total. The van der Waals surface area contributed by atoms with E-state index >= 15 is 0 Å². The van der Waals surface area contributed by atoms with E-state index in [1.165, 1.54) is 0 Å². The molecule has 0 fully saturated rings. The molecule has 0 spiro atoms. The van der Waals surface area contributed by atoms with Crippen molar-refractivity contribution in [2.45, 2.75) is 0 Å². The first kappa shape index (κ1) is 10.3. The second-order valence-corrected chi connectivity index (χ2v) is 4.51. The van der Waals surface area contributed by atoms with Gasteiger partial charge in [-0.15, -0.1) is 0 Å². The predicted molar refractivity (Wildman–Crippen MR) is 59.5 cm³/mol. The fourth-order valence-corrected chi connectivity index (χ4v) is 1.91. The first-order valence-electron chi connectivity index (χ1n) is 4.40. The molecular weight excluding hydrogens is 215 g/mol. The predicted octanol–water partition coefficient (Wildman–Crippen LogP) is 1.61. The van der Waals surface area contributed by atoms with Gasteiger partial charge in [0, 0.05) is 0 Å². The number of hydrogen-bond acceptors (Lipinski definition) is 4. The van der Waals surface area contributed by atoms with Crippen LogP contribution in [0.25, 0.3) is 10.8 Å². The van der Waals surface area contributed by atoms with Gasteiger partial charge in [0.1, 0.15) is 0 Å². The first-order valence-corrected chi connectivity index (χ1v) is 6.15. The zero-order chi connectivity index (χ0) is 10.9. The molecule has 15 heavy (non-hydrogen) atoms. The Kier molecular flexibility index (Phi) is 2.59. The molecule has 0 saturated carbocycles. The van der Waals surface area contributed by atoms with Gasteiger partial charge < -0.3 is 0 Å². The Bertz CT molecular complexity index is 473. The summed E-state index contributed by atoms with van der Waals surface area (Å²) in [4.78, 5) is 26.6. The monoisotopic (exact) mass is 226 g/mol. The molecule has 0 aliphatic heterocycles. The molecular formula is C10H11O4P. The van der Waals surface area contributed by atoms with Crippen LogP contribution in [0, 0.1) is 0 Å². The summed E-state index contributed by atoms with van der Waals surface area (Å²) in [6, 6.07) is 12.5. The SMILES string of the molecule is O[PH](O)(O)Oc1cccc2ccccc12. The topological polar surface area (TPSA) is 69.9 Å². The zero-order valence-corrected chi connectivity index (χ0v) is 8.79. The van der Waals surface area contributed by atoms with E-state index in [0.717, 1.165) is 10.8 Å². The summed E-state index contributed by atoms with van der Waals surface area (Å²) >= 11 is 0. The maximum atomic E-state index is 8.86. The van der Waals surface area contributed by atoms with E-state index in [9.17, 15) is 0 Å². The molecule has 2 rings (SSSR count). The van der Waals surface area contributed by atoms with Crippen molar-refractivity contribution in [1.82, 2.24) is 0 Å². The van der Waals surface area contributed by atoms with Crippen molar-refractivity contribution in [3.05, 3.63) is 42.5 Å². The molecule has 0 aliphatic rings. The van der Waals surface area contributed by atoms with Crippen molar-refractivity contribution in [1.29, 1.82) is 0 Å². The molecule has 0 heterocycles. The molecule has 0 aromatic heterocycles. The van der Waals surface area contributed by atoms with Gasteiger partial charge in [-0.25, -0.2) is 0 Å². The molecule has 5 heteroatoms. The van der Waals surface area contributed by atoms with Gasteiger partial charge in [0.2, 0.25) is 0 Å². The van der Waals surface area contributed by atoms with E-state index in [0.29, 0.717) is 0 Å². The molecule has 0 amide bonds. The quantitative estimate of drug-likeness (QED) is 0.680. The van der Waals surface area contributed by atoms with Crippen molar-refractivity contribution in [2.24, 2.45) is 0 Å². The normalized spacial score (nSPS) is 12.7. The third-order valence-electron chi connectivity index (χ3n) is 2.00. The van der Waals surface area contributed by atoms with Crippen molar-refractivity contribution < 1.29 is 19.2 Å². The van der Waals surface area contributed by atoms with Gasteiger partial charge in [-0.1, -0.05) is 0 Å². The van der Waals surface area contributed by atoms with Crippen molar-refractivity contribution in [3.63, 3.8) is 0 Å². The van der Waals surface area contributed by atoms with Crippen LogP contribution >= 0.6 is 8.17 Å². The van der Waals surface area contributed by atoms with E-state index < -0.39 is 8.17 Å². The number of benzene rings is 2. The van der Waals surface area contributed by atoms with Crippen LogP contribution in [-0.4, -0.2) is 14.7 Å². The summed E-state index contributed by atoms with van der Waals surface area (Å²) < 4.78 is 4.72. The fourth-order valence-electron chi connectivity index (χ4n) is 1.43. The van der Waals surface area contributed by atoms with Crippen LogP contribution < -0.4 is 4.52 Å². The zero-order valence-electron chi connectivity index (χ0n) is 7.79. The molecule has 0 saturated heterocycles. The maximum absolute atomic E-state index is 8.86. The van der Waals surface area contributed by atoms with Crippen LogP contribution in [0.4, 0.5) is 0 Å². The Morgan fingerprint density at radius 1 is 0.867 bits per heavy atom. The Hall–Kier alpha value is -1.19. The Labute approximate surface area is 87.0 Å². The first-order chi connectivity index (χ1) is 7.06.